The lowest BCUT2D eigenvalue weighted by Gasteiger charge is -2.23. The summed E-state index contributed by atoms with van der Waals surface area (Å²) in [6, 6.07) is -0.0567. The van der Waals surface area contributed by atoms with Gasteiger partial charge in [0.05, 0.1) is 6.61 Å². The minimum absolute atomic E-state index is 0.0567. The van der Waals surface area contributed by atoms with Crippen molar-refractivity contribution in [1.29, 1.82) is 0 Å². The molecule has 0 aliphatic carbocycles. The molecule has 1 atom stereocenters. The van der Waals surface area contributed by atoms with Gasteiger partial charge in [0, 0.05) is 0 Å². The minimum atomic E-state index is -0.0704. The SMILES string of the molecule is CC(C)(C)CCOC(=O)[C@H]1CCCCN1. The highest BCUT2D eigenvalue weighted by Crippen LogP contribution is 2.18. The van der Waals surface area contributed by atoms with Crippen molar-refractivity contribution in [1.82, 2.24) is 5.32 Å². The standard InChI is InChI=1S/C12H23NO2/c1-12(2,3)7-9-15-11(14)10-6-4-5-8-13-10/h10,13H,4-9H2,1-3H3/t10-/m1/s1. The van der Waals surface area contributed by atoms with Gasteiger partial charge in [0.25, 0.3) is 0 Å². The lowest BCUT2D eigenvalue weighted by molar-refractivity contribution is -0.147. The molecule has 0 radical (unpaired) electrons. The first kappa shape index (κ1) is 12.5. The fraction of sp³-hybridized carbons (Fsp3) is 0.917. The average molecular weight is 213 g/mol. The Balaban J connectivity index is 2.17. The first-order valence-corrected chi connectivity index (χ1v) is 5.89. The lowest BCUT2D eigenvalue weighted by Crippen LogP contribution is -2.41. The molecule has 0 unspecified atom stereocenters. The van der Waals surface area contributed by atoms with E-state index >= 15 is 0 Å². The molecular weight excluding hydrogens is 190 g/mol. The van der Waals surface area contributed by atoms with Crippen molar-refractivity contribution in [3.8, 4) is 0 Å². The zero-order chi connectivity index (χ0) is 11.3. The first-order valence-electron chi connectivity index (χ1n) is 5.89. The smallest absolute Gasteiger partial charge is 0.323 e. The van der Waals surface area contributed by atoms with E-state index in [1.54, 1.807) is 0 Å². The quantitative estimate of drug-likeness (QED) is 0.730. The summed E-state index contributed by atoms with van der Waals surface area (Å²) in [6.07, 6.45) is 4.15. The van der Waals surface area contributed by atoms with Gasteiger partial charge in [-0.15, -0.1) is 0 Å². The molecule has 1 heterocycles. The first-order chi connectivity index (χ1) is 6.99. The third-order valence-electron chi connectivity index (χ3n) is 2.69. The molecular formula is C12H23NO2. The summed E-state index contributed by atoms with van der Waals surface area (Å²) in [6.45, 7) is 7.94. The van der Waals surface area contributed by atoms with Crippen LogP contribution in [0.15, 0.2) is 0 Å². The Hall–Kier alpha value is -0.570. The Morgan fingerprint density at radius 1 is 1.40 bits per heavy atom. The molecule has 0 saturated carbocycles. The van der Waals surface area contributed by atoms with Crippen LogP contribution in [0.25, 0.3) is 0 Å². The molecule has 1 aliphatic heterocycles. The Kier molecular flexibility index (Phi) is 4.58. The van der Waals surface area contributed by atoms with Crippen LogP contribution in [-0.4, -0.2) is 25.2 Å². The predicted octanol–water partition coefficient (Wildman–Crippen LogP) is 2.11. The van der Waals surface area contributed by atoms with E-state index in [0.29, 0.717) is 6.61 Å². The van der Waals surface area contributed by atoms with E-state index in [4.69, 9.17) is 4.74 Å². The van der Waals surface area contributed by atoms with Crippen LogP contribution in [-0.2, 0) is 9.53 Å². The van der Waals surface area contributed by atoms with Gasteiger partial charge in [-0.25, -0.2) is 0 Å². The maximum atomic E-state index is 11.6. The number of ether oxygens (including phenoxy) is 1. The van der Waals surface area contributed by atoms with E-state index in [1.165, 1.54) is 6.42 Å². The van der Waals surface area contributed by atoms with Gasteiger partial charge in [0.2, 0.25) is 0 Å². The average Bonchev–Trinajstić information content (AvgIpc) is 2.17. The van der Waals surface area contributed by atoms with E-state index in [9.17, 15) is 4.79 Å². The molecule has 1 fully saturated rings. The van der Waals surface area contributed by atoms with Gasteiger partial charge in [-0.05, 0) is 31.2 Å². The van der Waals surface area contributed by atoms with Crippen LogP contribution in [0.2, 0.25) is 0 Å². The third kappa shape index (κ3) is 5.17. The van der Waals surface area contributed by atoms with Gasteiger partial charge in [0.1, 0.15) is 6.04 Å². The molecule has 1 saturated heterocycles. The Morgan fingerprint density at radius 3 is 2.67 bits per heavy atom. The summed E-state index contributed by atoms with van der Waals surface area (Å²) in [4.78, 5) is 11.6. The number of hydrogen-bond acceptors (Lipinski definition) is 3. The lowest BCUT2D eigenvalue weighted by atomic mass is 9.93. The highest BCUT2D eigenvalue weighted by Gasteiger charge is 2.22. The molecule has 3 heteroatoms. The molecule has 88 valence electrons. The van der Waals surface area contributed by atoms with E-state index in [-0.39, 0.29) is 17.4 Å². The van der Waals surface area contributed by atoms with Crippen LogP contribution in [0.3, 0.4) is 0 Å². The van der Waals surface area contributed by atoms with E-state index in [1.807, 2.05) is 0 Å². The summed E-state index contributed by atoms with van der Waals surface area (Å²) in [5, 5.41) is 3.19. The number of carbonyl (C=O) groups excluding carboxylic acids is 1. The topological polar surface area (TPSA) is 38.3 Å². The molecule has 0 aromatic carbocycles. The second-order valence-electron chi connectivity index (χ2n) is 5.48. The second-order valence-corrected chi connectivity index (χ2v) is 5.48. The van der Waals surface area contributed by atoms with Crippen molar-refractivity contribution in [2.75, 3.05) is 13.2 Å². The van der Waals surface area contributed by atoms with Crippen LogP contribution in [0.4, 0.5) is 0 Å². The normalized spacial score (nSPS) is 22.5. The Labute approximate surface area is 92.6 Å². The zero-order valence-corrected chi connectivity index (χ0v) is 10.1. The molecule has 0 amide bonds. The van der Waals surface area contributed by atoms with Gasteiger partial charge >= 0.3 is 5.97 Å². The number of rotatable bonds is 3. The fourth-order valence-corrected chi connectivity index (χ4v) is 1.61. The zero-order valence-electron chi connectivity index (χ0n) is 10.1. The number of hydrogen-bond donors (Lipinski definition) is 1. The van der Waals surface area contributed by atoms with Crippen molar-refractivity contribution in [3.63, 3.8) is 0 Å². The fourth-order valence-electron chi connectivity index (χ4n) is 1.61. The van der Waals surface area contributed by atoms with Crippen molar-refractivity contribution >= 4 is 5.97 Å². The van der Waals surface area contributed by atoms with Crippen molar-refractivity contribution in [2.45, 2.75) is 52.5 Å². The third-order valence-corrected chi connectivity index (χ3v) is 2.69. The van der Waals surface area contributed by atoms with Crippen LogP contribution < -0.4 is 5.32 Å². The summed E-state index contributed by atoms with van der Waals surface area (Å²) < 4.78 is 5.26. The minimum Gasteiger partial charge on any atom is -0.465 e. The highest BCUT2D eigenvalue weighted by atomic mass is 16.5. The van der Waals surface area contributed by atoms with E-state index in [0.717, 1.165) is 25.8 Å². The maximum Gasteiger partial charge on any atom is 0.323 e. The number of piperidine rings is 1. The molecule has 15 heavy (non-hydrogen) atoms. The molecule has 1 rings (SSSR count). The van der Waals surface area contributed by atoms with Crippen LogP contribution in [0, 0.1) is 5.41 Å². The van der Waals surface area contributed by atoms with E-state index in [2.05, 4.69) is 26.1 Å². The molecule has 1 N–H and O–H groups in total. The molecule has 0 bridgehead atoms. The van der Waals surface area contributed by atoms with Gasteiger partial charge in [0.15, 0.2) is 0 Å². The summed E-state index contributed by atoms with van der Waals surface area (Å²) in [5.74, 6) is -0.0704. The van der Waals surface area contributed by atoms with Gasteiger partial charge in [-0.1, -0.05) is 27.2 Å². The van der Waals surface area contributed by atoms with Crippen molar-refractivity contribution < 1.29 is 9.53 Å². The largest absolute Gasteiger partial charge is 0.465 e. The van der Waals surface area contributed by atoms with Gasteiger partial charge in [-0.2, -0.15) is 0 Å². The number of carbonyl (C=O) groups is 1. The predicted molar refractivity (Wildman–Crippen MR) is 60.7 cm³/mol. The maximum absolute atomic E-state index is 11.6. The molecule has 3 nitrogen and oxygen atoms in total. The summed E-state index contributed by atoms with van der Waals surface area (Å²) >= 11 is 0. The number of esters is 1. The van der Waals surface area contributed by atoms with Crippen molar-refractivity contribution in [2.24, 2.45) is 5.41 Å². The molecule has 1 aliphatic rings. The number of nitrogens with one attached hydrogen (secondary N) is 1. The van der Waals surface area contributed by atoms with Gasteiger partial charge in [-0.3, -0.25) is 4.79 Å². The summed E-state index contributed by atoms with van der Waals surface area (Å²) in [7, 11) is 0. The Bertz CT molecular complexity index is 202. The van der Waals surface area contributed by atoms with E-state index < -0.39 is 0 Å². The summed E-state index contributed by atoms with van der Waals surface area (Å²) in [5.41, 5.74) is 0.236. The van der Waals surface area contributed by atoms with Crippen LogP contribution in [0.1, 0.15) is 46.5 Å². The molecule has 0 aromatic heterocycles. The molecule has 0 spiro atoms. The van der Waals surface area contributed by atoms with Crippen LogP contribution >= 0.6 is 0 Å². The molecule has 0 aromatic rings. The monoisotopic (exact) mass is 213 g/mol. The van der Waals surface area contributed by atoms with Crippen LogP contribution in [0.5, 0.6) is 0 Å². The highest BCUT2D eigenvalue weighted by molar-refractivity contribution is 5.75. The second kappa shape index (κ2) is 5.50. The van der Waals surface area contributed by atoms with Gasteiger partial charge < -0.3 is 10.1 Å². The van der Waals surface area contributed by atoms with Crippen molar-refractivity contribution in [3.05, 3.63) is 0 Å². The Morgan fingerprint density at radius 2 is 2.13 bits per heavy atom.